The van der Waals surface area contributed by atoms with Crippen molar-refractivity contribution in [3.63, 3.8) is 0 Å². The van der Waals surface area contributed by atoms with Crippen LogP contribution in [0.2, 0.25) is 0 Å². The number of nitrogens with zero attached hydrogens (tertiary/aromatic N) is 1. The van der Waals surface area contributed by atoms with E-state index in [0.717, 1.165) is 0 Å². The summed E-state index contributed by atoms with van der Waals surface area (Å²) in [5.41, 5.74) is -4.05. The van der Waals surface area contributed by atoms with Crippen molar-refractivity contribution < 1.29 is 33.3 Å². The highest BCUT2D eigenvalue weighted by atomic mass is 19.3. The van der Waals surface area contributed by atoms with Gasteiger partial charge in [-0.2, -0.15) is 0 Å². The summed E-state index contributed by atoms with van der Waals surface area (Å²) in [6.45, 7) is 4.64. The van der Waals surface area contributed by atoms with Gasteiger partial charge in [-0.1, -0.05) is 0 Å². The highest BCUT2D eigenvalue weighted by molar-refractivity contribution is 5.78. The molecule has 2 fully saturated rings. The molecule has 1 amide bonds. The first-order chi connectivity index (χ1) is 10.3. The second-order valence-corrected chi connectivity index (χ2v) is 7.61. The minimum absolute atomic E-state index is 0.222. The van der Waals surface area contributed by atoms with Gasteiger partial charge in [-0.25, -0.2) is 13.6 Å². The summed E-state index contributed by atoms with van der Waals surface area (Å²) < 4.78 is 31.9. The number of likely N-dealkylation sites (tertiary alicyclic amines) is 1. The van der Waals surface area contributed by atoms with Crippen LogP contribution in [0.1, 0.15) is 46.5 Å². The zero-order valence-electron chi connectivity index (χ0n) is 13.6. The molecule has 0 aromatic heterocycles. The standard InChI is InChI=1S/C15H23F2NO5/c1-12(2,3)23-11(21)18-8-14(22,9-18)13(10(19)20)4-6-15(16,17)7-5-13/h22H,4-9H2,1-3H3,(H,19,20). The van der Waals surface area contributed by atoms with Crippen LogP contribution in [0.4, 0.5) is 13.6 Å². The third-order valence-electron chi connectivity index (χ3n) is 4.69. The van der Waals surface area contributed by atoms with E-state index in [4.69, 9.17) is 4.74 Å². The summed E-state index contributed by atoms with van der Waals surface area (Å²) >= 11 is 0. The number of aliphatic hydroxyl groups is 1. The van der Waals surface area contributed by atoms with Gasteiger partial charge in [0.1, 0.15) is 16.6 Å². The van der Waals surface area contributed by atoms with E-state index in [1.54, 1.807) is 20.8 Å². The van der Waals surface area contributed by atoms with Gasteiger partial charge in [-0.05, 0) is 33.6 Å². The molecular weight excluding hydrogens is 312 g/mol. The van der Waals surface area contributed by atoms with Gasteiger partial charge in [0.2, 0.25) is 5.92 Å². The Bertz CT molecular complexity index is 498. The van der Waals surface area contributed by atoms with Crippen LogP contribution in [0.5, 0.6) is 0 Å². The number of rotatable bonds is 2. The predicted octanol–water partition coefficient (Wildman–Crippen LogP) is 2.25. The summed E-state index contributed by atoms with van der Waals surface area (Å²) in [4.78, 5) is 24.8. The number of carbonyl (C=O) groups is 2. The predicted molar refractivity (Wildman–Crippen MR) is 76.2 cm³/mol. The number of hydrogen-bond donors (Lipinski definition) is 2. The number of halogens is 2. The van der Waals surface area contributed by atoms with Crippen molar-refractivity contribution in [3.8, 4) is 0 Å². The van der Waals surface area contributed by atoms with Crippen LogP contribution in [0.25, 0.3) is 0 Å². The lowest BCUT2D eigenvalue weighted by molar-refractivity contribution is -0.216. The van der Waals surface area contributed by atoms with Crippen molar-refractivity contribution in [3.05, 3.63) is 0 Å². The third kappa shape index (κ3) is 3.27. The Morgan fingerprint density at radius 3 is 1.96 bits per heavy atom. The van der Waals surface area contributed by atoms with Gasteiger partial charge in [0.15, 0.2) is 0 Å². The smallest absolute Gasteiger partial charge is 0.410 e. The van der Waals surface area contributed by atoms with Crippen LogP contribution in [0, 0.1) is 5.41 Å². The van der Waals surface area contributed by atoms with Crippen molar-refractivity contribution >= 4 is 12.1 Å². The monoisotopic (exact) mass is 335 g/mol. The van der Waals surface area contributed by atoms with Gasteiger partial charge >= 0.3 is 12.1 Å². The summed E-state index contributed by atoms with van der Waals surface area (Å²) in [5.74, 6) is -4.19. The van der Waals surface area contributed by atoms with Crippen LogP contribution in [0.3, 0.4) is 0 Å². The van der Waals surface area contributed by atoms with E-state index in [9.17, 15) is 28.6 Å². The van der Waals surface area contributed by atoms with E-state index in [1.807, 2.05) is 0 Å². The zero-order chi connectivity index (χ0) is 17.7. The topological polar surface area (TPSA) is 87.1 Å². The third-order valence-corrected chi connectivity index (χ3v) is 4.69. The Hall–Kier alpha value is -1.44. The van der Waals surface area contributed by atoms with Gasteiger partial charge in [0.05, 0.1) is 13.1 Å². The van der Waals surface area contributed by atoms with E-state index in [2.05, 4.69) is 0 Å². The number of ether oxygens (including phenoxy) is 1. The fraction of sp³-hybridized carbons (Fsp3) is 0.867. The van der Waals surface area contributed by atoms with Crippen molar-refractivity contribution in [2.45, 2.75) is 63.6 Å². The molecule has 2 rings (SSSR count). The summed E-state index contributed by atoms with van der Waals surface area (Å²) in [6.07, 6.45) is -2.42. The van der Waals surface area contributed by atoms with Gasteiger partial charge < -0.3 is 19.8 Å². The molecule has 1 saturated carbocycles. The number of alkyl halides is 2. The molecule has 0 unspecified atom stereocenters. The first-order valence-corrected chi connectivity index (χ1v) is 7.62. The number of β-amino-alcohol motifs (C(OH)–C–C–N with tert-alkyl or cyclic N) is 1. The van der Waals surface area contributed by atoms with Crippen LogP contribution in [-0.2, 0) is 9.53 Å². The molecule has 0 aromatic rings. The Kier molecular flexibility index (Phi) is 4.12. The van der Waals surface area contributed by atoms with E-state index >= 15 is 0 Å². The lowest BCUT2D eigenvalue weighted by Gasteiger charge is -2.56. The fourth-order valence-corrected chi connectivity index (χ4v) is 3.26. The van der Waals surface area contributed by atoms with Crippen molar-refractivity contribution in [1.82, 2.24) is 4.90 Å². The van der Waals surface area contributed by atoms with Gasteiger partial charge in [0, 0.05) is 12.8 Å². The van der Waals surface area contributed by atoms with E-state index in [0.29, 0.717) is 0 Å². The SMILES string of the molecule is CC(C)(C)OC(=O)N1CC(O)(C2(C(=O)O)CCC(F)(F)CC2)C1. The number of hydrogen-bond acceptors (Lipinski definition) is 4. The van der Waals surface area contributed by atoms with Gasteiger partial charge in [-0.3, -0.25) is 4.79 Å². The van der Waals surface area contributed by atoms with Gasteiger partial charge in [-0.15, -0.1) is 0 Å². The maximum atomic E-state index is 13.4. The van der Waals surface area contributed by atoms with Crippen LogP contribution in [-0.4, -0.2) is 57.4 Å². The number of carbonyl (C=O) groups excluding carboxylic acids is 1. The second kappa shape index (κ2) is 5.29. The molecule has 1 aliphatic carbocycles. The molecule has 0 aromatic carbocycles. The number of carboxylic acid groups (broad SMARTS) is 1. The average Bonchev–Trinajstić information content (AvgIpc) is 2.32. The lowest BCUT2D eigenvalue weighted by Crippen LogP contribution is -2.73. The maximum absolute atomic E-state index is 13.4. The molecular formula is C15H23F2NO5. The zero-order valence-corrected chi connectivity index (χ0v) is 13.6. The molecule has 0 spiro atoms. The first-order valence-electron chi connectivity index (χ1n) is 7.62. The molecule has 132 valence electrons. The summed E-state index contributed by atoms with van der Waals surface area (Å²) in [6, 6.07) is 0. The molecule has 8 heteroatoms. The summed E-state index contributed by atoms with van der Waals surface area (Å²) in [5, 5.41) is 20.2. The van der Waals surface area contributed by atoms with E-state index < -0.39 is 47.4 Å². The normalized spacial score (nSPS) is 25.4. The molecule has 6 nitrogen and oxygen atoms in total. The van der Waals surface area contributed by atoms with Crippen molar-refractivity contribution in [1.29, 1.82) is 0 Å². The number of carboxylic acids is 1. The average molecular weight is 335 g/mol. The Labute approximate surface area is 133 Å². The lowest BCUT2D eigenvalue weighted by atomic mass is 9.59. The molecule has 0 bridgehead atoms. The minimum atomic E-state index is -2.90. The Balaban J connectivity index is 2.08. The molecule has 2 aliphatic rings. The van der Waals surface area contributed by atoms with E-state index in [-0.39, 0.29) is 25.9 Å². The van der Waals surface area contributed by atoms with Crippen molar-refractivity contribution in [2.24, 2.45) is 5.41 Å². The molecule has 0 atom stereocenters. The largest absolute Gasteiger partial charge is 0.481 e. The van der Waals surface area contributed by atoms with Crippen LogP contribution >= 0.6 is 0 Å². The highest BCUT2D eigenvalue weighted by Gasteiger charge is 2.65. The molecule has 1 heterocycles. The Morgan fingerprint density at radius 2 is 1.57 bits per heavy atom. The van der Waals surface area contributed by atoms with E-state index in [1.165, 1.54) is 4.90 Å². The quantitative estimate of drug-likeness (QED) is 0.808. The molecule has 1 saturated heterocycles. The highest BCUT2D eigenvalue weighted by Crippen LogP contribution is 2.52. The van der Waals surface area contributed by atoms with Crippen LogP contribution < -0.4 is 0 Å². The van der Waals surface area contributed by atoms with Crippen LogP contribution in [0.15, 0.2) is 0 Å². The Morgan fingerprint density at radius 1 is 1.09 bits per heavy atom. The maximum Gasteiger partial charge on any atom is 0.410 e. The molecule has 2 N–H and O–H groups in total. The molecule has 0 radical (unpaired) electrons. The van der Waals surface area contributed by atoms with Crippen molar-refractivity contribution in [2.75, 3.05) is 13.1 Å². The molecule has 23 heavy (non-hydrogen) atoms. The minimum Gasteiger partial charge on any atom is -0.481 e. The second-order valence-electron chi connectivity index (χ2n) is 7.61. The number of amides is 1. The summed E-state index contributed by atoms with van der Waals surface area (Å²) in [7, 11) is 0. The first kappa shape index (κ1) is 17.9. The van der Waals surface area contributed by atoms with Gasteiger partial charge in [0.25, 0.3) is 0 Å². The molecule has 1 aliphatic heterocycles. The number of aliphatic carboxylic acids is 1. The fourth-order valence-electron chi connectivity index (χ4n) is 3.26.